The summed E-state index contributed by atoms with van der Waals surface area (Å²) in [6, 6.07) is 8.04. The van der Waals surface area contributed by atoms with Crippen molar-refractivity contribution in [2.75, 3.05) is 13.7 Å². The van der Waals surface area contributed by atoms with Gasteiger partial charge in [-0.05, 0) is 31.5 Å². The van der Waals surface area contributed by atoms with Crippen molar-refractivity contribution in [1.29, 1.82) is 0 Å². The van der Waals surface area contributed by atoms with Crippen LogP contribution < -0.4 is 10.5 Å². The van der Waals surface area contributed by atoms with Crippen LogP contribution in [0.1, 0.15) is 34.1 Å². The van der Waals surface area contributed by atoms with Gasteiger partial charge in [0.05, 0.1) is 23.9 Å². The number of methoxy groups -OCH3 is 1. The topological polar surface area (TPSA) is 57.4 Å². The first kappa shape index (κ1) is 15.9. The van der Waals surface area contributed by atoms with Crippen LogP contribution in [0.15, 0.2) is 24.3 Å². The lowest BCUT2D eigenvalue weighted by Gasteiger charge is -2.05. The molecule has 5 heteroatoms. The molecule has 114 valence electrons. The number of thiazole rings is 1. The van der Waals surface area contributed by atoms with E-state index in [1.807, 2.05) is 25.1 Å². The van der Waals surface area contributed by atoms with E-state index in [9.17, 15) is 0 Å². The van der Waals surface area contributed by atoms with Crippen LogP contribution in [0, 0.1) is 6.92 Å². The van der Waals surface area contributed by atoms with Gasteiger partial charge < -0.3 is 15.2 Å². The Kier molecular flexibility index (Phi) is 5.73. The summed E-state index contributed by atoms with van der Waals surface area (Å²) in [6.07, 6.45) is 0.780. The predicted octanol–water partition coefficient (Wildman–Crippen LogP) is 3.24. The van der Waals surface area contributed by atoms with Gasteiger partial charge in [0.2, 0.25) is 0 Å². The zero-order valence-corrected chi connectivity index (χ0v) is 13.6. The predicted molar refractivity (Wildman–Crippen MR) is 85.8 cm³/mol. The van der Waals surface area contributed by atoms with Gasteiger partial charge in [-0.25, -0.2) is 4.98 Å². The van der Waals surface area contributed by atoms with Crippen molar-refractivity contribution in [2.45, 2.75) is 32.9 Å². The van der Waals surface area contributed by atoms with Crippen LogP contribution in [0.2, 0.25) is 0 Å². The van der Waals surface area contributed by atoms with E-state index in [0.717, 1.165) is 27.7 Å². The summed E-state index contributed by atoms with van der Waals surface area (Å²) in [5, 5.41) is 1.04. The first-order chi connectivity index (χ1) is 10.1. The van der Waals surface area contributed by atoms with Gasteiger partial charge in [0.15, 0.2) is 0 Å². The minimum Gasteiger partial charge on any atom is -0.493 e. The number of nitrogens with zero attached hydrogens (tertiary/aromatic N) is 1. The lowest BCUT2D eigenvalue weighted by Crippen LogP contribution is -2.06. The van der Waals surface area contributed by atoms with Gasteiger partial charge in [0.1, 0.15) is 5.75 Å². The van der Waals surface area contributed by atoms with E-state index >= 15 is 0 Å². The molecule has 0 amide bonds. The normalized spacial score (nSPS) is 12.4. The average molecular weight is 306 g/mol. The van der Waals surface area contributed by atoms with Crippen molar-refractivity contribution in [3.8, 4) is 5.75 Å². The van der Waals surface area contributed by atoms with Crippen molar-refractivity contribution >= 4 is 11.3 Å². The summed E-state index contributed by atoms with van der Waals surface area (Å²) in [4.78, 5) is 5.70. The van der Waals surface area contributed by atoms with Crippen molar-refractivity contribution in [3.63, 3.8) is 0 Å². The molecule has 2 rings (SSSR count). The lowest BCUT2D eigenvalue weighted by molar-refractivity contribution is 0.181. The van der Waals surface area contributed by atoms with Crippen LogP contribution in [0.25, 0.3) is 0 Å². The maximum Gasteiger partial charge on any atom is 0.119 e. The molecule has 21 heavy (non-hydrogen) atoms. The third-order valence-electron chi connectivity index (χ3n) is 3.04. The molecule has 1 heterocycles. The summed E-state index contributed by atoms with van der Waals surface area (Å²) in [6.45, 7) is 5.15. The zero-order chi connectivity index (χ0) is 15.2. The number of aromatic nitrogens is 1. The minimum absolute atomic E-state index is 0.0147. The van der Waals surface area contributed by atoms with E-state index in [2.05, 4.69) is 18.0 Å². The molecule has 0 fully saturated rings. The Morgan fingerprint density at radius 3 is 2.86 bits per heavy atom. The van der Waals surface area contributed by atoms with E-state index in [-0.39, 0.29) is 6.04 Å². The Morgan fingerprint density at radius 1 is 1.38 bits per heavy atom. The highest BCUT2D eigenvalue weighted by atomic mass is 32.1. The largest absolute Gasteiger partial charge is 0.493 e. The number of hydrogen-bond acceptors (Lipinski definition) is 5. The molecule has 0 aliphatic heterocycles. The first-order valence-corrected chi connectivity index (χ1v) is 7.84. The second-order valence-electron chi connectivity index (χ2n) is 5.06. The first-order valence-electron chi connectivity index (χ1n) is 7.02. The molecule has 1 aromatic heterocycles. The van der Waals surface area contributed by atoms with E-state index in [4.69, 9.17) is 15.2 Å². The van der Waals surface area contributed by atoms with E-state index in [0.29, 0.717) is 13.2 Å². The standard InChI is InChI=1S/C16H22N2O2S/c1-11-5-4-6-13(9-11)20-8-7-15-18-14(10-19-3)16(21-15)12(2)17/h4-6,9,12H,7-8,10,17H2,1-3H3. The Bertz CT molecular complexity index is 581. The SMILES string of the molecule is COCc1nc(CCOc2cccc(C)c2)sc1C(C)N. The van der Waals surface area contributed by atoms with Gasteiger partial charge in [-0.2, -0.15) is 0 Å². The number of nitrogens with two attached hydrogens (primary N) is 1. The molecule has 1 aromatic carbocycles. The lowest BCUT2D eigenvalue weighted by atomic mass is 10.2. The highest BCUT2D eigenvalue weighted by molar-refractivity contribution is 7.11. The molecule has 0 aliphatic carbocycles. The molecule has 4 nitrogen and oxygen atoms in total. The molecule has 0 saturated carbocycles. The quantitative estimate of drug-likeness (QED) is 0.853. The van der Waals surface area contributed by atoms with Crippen LogP contribution in [-0.4, -0.2) is 18.7 Å². The van der Waals surface area contributed by atoms with Crippen molar-refractivity contribution in [3.05, 3.63) is 45.4 Å². The Labute approximate surface area is 129 Å². The molecular weight excluding hydrogens is 284 g/mol. The fourth-order valence-electron chi connectivity index (χ4n) is 2.08. The second kappa shape index (κ2) is 7.54. The van der Waals surface area contributed by atoms with E-state index in [1.165, 1.54) is 5.56 Å². The Morgan fingerprint density at radius 2 is 2.19 bits per heavy atom. The molecule has 0 bridgehead atoms. The average Bonchev–Trinajstić information content (AvgIpc) is 2.83. The van der Waals surface area contributed by atoms with Gasteiger partial charge in [-0.3, -0.25) is 0 Å². The van der Waals surface area contributed by atoms with E-state index in [1.54, 1.807) is 18.4 Å². The number of ether oxygens (including phenoxy) is 2. The maximum atomic E-state index is 5.98. The number of aryl methyl sites for hydroxylation is 1. The van der Waals surface area contributed by atoms with Crippen LogP contribution in [0.3, 0.4) is 0 Å². The van der Waals surface area contributed by atoms with Crippen molar-refractivity contribution < 1.29 is 9.47 Å². The van der Waals surface area contributed by atoms with Crippen molar-refractivity contribution in [2.24, 2.45) is 5.73 Å². The molecular formula is C16H22N2O2S. The minimum atomic E-state index is -0.0147. The summed E-state index contributed by atoms with van der Waals surface area (Å²) in [5.74, 6) is 0.899. The highest BCUT2D eigenvalue weighted by Gasteiger charge is 2.14. The molecule has 2 aromatic rings. The number of benzene rings is 1. The zero-order valence-electron chi connectivity index (χ0n) is 12.8. The maximum absolute atomic E-state index is 5.98. The molecule has 0 saturated heterocycles. The third-order valence-corrected chi connectivity index (χ3v) is 4.40. The summed E-state index contributed by atoms with van der Waals surface area (Å²) in [5.41, 5.74) is 8.12. The Balaban J connectivity index is 1.95. The Hall–Kier alpha value is -1.43. The number of hydrogen-bond donors (Lipinski definition) is 1. The van der Waals surface area contributed by atoms with E-state index < -0.39 is 0 Å². The van der Waals surface area contributed by atoms with Crippen LogP contribution in [0.5, 0.6) is 5.75 Å². The third kappa shape index (κ3) is 4.52. The van der Waals surface area contributed by atoms with Crippen LogP contribution in [-0.2, 0) is 17.8 Å². The van der Waals surface area contributed by atoms with Crippen LogP contribution >= 0.6 is 11.3 Å². The number of rotatable bonds is 7. The van der Waals surface area contributed by atoms with Gasteiger partial charge in [-0.1, -0.05) is 12.1 Å². The van der Waals surface area contributed by atoms with Gasteiger partial charge in [0.25, 0.3) is 0 Å². The highest BCUT2D eigenvalue weighted by Crippen LogP contribution is 2.25. The fraction of sp³-hybridized carbons (Fsp3) is 0.438. The summed E-state index contributed by atoms with van der Waals surface area (Å²) in [7, 11) is 1.67. The molecule has 2 N–H and O–H groups in total. The summed E-state index contributed by atoms with van der Waals surface area (Å²) >= 11 is 1.65. The molecule has 0 aliphatic rings. The smallest absolute Gasteiger partial charge is 0.119 e. The van der Waals surface area contributed by atoms with Crippen molar-refractivity contribution in [1.82, 2.24) is 4.98 Å². The second-order valence-corrected chi connectivity index (χ2v) is 6.17. The van der Waals surface area contributed by atoms with Gasteiger partial charge in [0, 0.05) is 24.4 Å². The fourth-order valence-corrected chi connectivity index (χ4v) is 3.08. The molecule has 1 unspecified atom stereocenters. The monoisotopic (exact) mass is 306 g/mol. The summed E-state index contributed by atoms with van der Waals surface area (Å²) < 4.78 is 10.9. The van der Waals surface area contributed by atoms with Gasteiger partial charge in [-0.15, -0.1) is 11.3 Å². The molecule has 0 spiro atoms. The molecule has 1 atom stereocenters. The van der Waals surface area contributed by atoms with Crippen LogP contribution in [0.4, 0.5) is 0 Å². The molecule has 0 radical (unpaired) electrons. The van der Waals surface area contributed by atoms with Gasteiger partial charge >= 0.3 is 0 Å².